The number of rotatable bonds is 7. The van der Waals surface area contributed by atoms with Crippen LogP contribution in [0.4, 0.5) is 0 Å². The fraction of sp³-hybridized carbons (Fsp3) is 0.577. The van der Waals surface area contributed by atoms with Gasteiger partial charge in [-0.25, -0.2) is 0 Å². The summed E-state index contributed by atoms with van der Waals surface area (Å²) in [6.07, 6.45) is 13.1. The predicted octanol–water partition coefficient (Wildman–Crippen LogP) is 4.62. The number of aromatic hydroxyl groups is 2. The molecule has 6 heteroatoms. The molecule has 1 aromatic rings. The van der Waals surface area contributed by atoms with E-state index in [1.165, 1.54) is 0 Å². The minimum absolute atomic E-state index is 0.0412. The van der Waals surface area contributed by atoms with Crippen LogP contribution in [-0.4, -0.2) is 37.3 Å². The van der Waals surface area contributed by atoms with Gasteiger partial charge in [0.05, 0.1) is 18.4 Å². The molecule has 2 aliphatic carbocycles. The molecule has 5 N–H and O–H groups in total. The Morgan fingerprint density at radius 1 is 1.31 bits per heavy atom. The molecule has 1 fully saturated rings. The number of aromatic amines is 1. The SMILES string of the molecule is CC1=C[C@@H]2C[C@H](C)CC[C@@H]2[C@](C)(C(=O)c2c(O)[nH]c(CO)c2O)[C@@H]1/C=C/C=C/C[C@H](C)O. The number of carbonyl (C=O) groups excluding carboxylic acids is 1. The van der Waals surface area contributed by atoms with Crippen LogP contribution in [0.1, 0.15) is 69.4 Å². The molecule has 1 aromatic heterocycles. The minimum atomic E-state index is -0.859. The number of hydrogen-bond acceptors (Lipinski definition) is 5. The topological polar surface area (TPSA) is 114 Å². The van der Waals surface area contributed by atoms with Crippen molar-refractivity contribution in [2.75, 3.05) is 0 Å². The van der Waals surface area contributed by atoms with Gasteiger partial charge >= 0.3 is 0 Å². The zero-order valence-electron chi connectivity index (χ0n) is 19.5. The van der Waals surface area contributed by atoms with Crippen LogP contribution in [0.5, 0.6) is 11.6 Å². The van der Waals surface area contributed by atoms with Crippen molar-refractivity contribution < 1.29 is 25.2 Å². The predicted molar refractivity (Wildman–Crippen MR) is 124 cm³/mol. The van der Waals surface area contributed by atoms with Crippen LogP contribution in [0.25, 0.3) is 0 Å². The number of hydrogen-bond donors (Lipinski definition) is 5. The average molecular weight is 444 g/mol. The highest BCUT2D eigenvalue weighted by Crippen LogP contribution is 2.56. The van der Waals surface area contributed by atoms with Crippen LogP contribution in [0.15, 0.2) is 36.0 Å². The fourth-order valence-electron chi connectivity index (χ4n) is 5.82. The number of Topliss-reactive ketones (excluding diaryl/α,β-unsaturated/α-hetero) is 1. The van der Waals surface area contributed by atoms with Gasteiger partial charge in [-0.05, 0) is 50.9 Å². The molecular formula is C26H37NO5. The van der Waals surface area contributed by atoms with E-state index in [0.29, 0.717) is 12.3 Å². The molecule has 6 nitrogen and oxygen atoms in total. The second kappa shape index (κ2) is 9.67. The Morgan fingerprint density at radius 2 is 2.03 bits per heavy atom. The molecule has 6 atom stereocenters. The largest absolute Gasteiger partial charge is 0.505 e. The third-order valence-electron chi connectivity index (χ3n) is 7.48. The van der Waals surface area contributed by atoms with Crippen LogP contribution in [0.2, 0.25) is 0 Å². The van der Waals surface area contributed by atoms with Crippen LogP contribution in [0, 0.1) is 29.1 Å². The summed E-state index contributed by atoms with van der Waals surface area (Å²) in [5, 5.41) is 39.9. The summed E-state index contributed by atoms with van der Waals surface area (Å²) in [5.41, 5.74) is 0.154. The molecule has 3 rings (SSSR count). The van der Waals surface area contributed by atoms with Crippen molar-refractivity contribution >= 4 is 5.78 Å². The average Bonchev–Trinajstić information content (AvgIpc) is 3.01. The summed E-state index contributed by atoms with van der Waals surface area (Å²) in [4.78, 5) is 16.6. The molecule has 0 bridgehead atoms. The van der Waals surface area contributed by atoms with Gasteiger partial charge in [0.25, 0.3) is 0 Å². The molecule has 0 amide bonds. The van der Waals surface area contributed by atoms with E-state index in [4.69, 9.17) is 0 Å². The molecule has 0 radical (unpaired) electrons. The maximum absolute atomic E-state index is 14.0. The van der Waals surface area contributed by atoms with Gasteiger partial charge in [0.2, 0.25) is 5.88 Å². The molecule has 0 aromatic carbocycles. The van der Waals surface area contributed by atoms with Crippen molar-refractivity contribution in [1.82, 2.24) is 4.98 Å². The van der Waals surface area contributed by atoms with Gasteiger partial charge in [-0.3, -0.25) is 4.79 Å². The summed E-state index contributed by atoms with van der Waals surface area (Å²) in [6.45, 7) is 7.49. The highest BCUT2D eigenvalue weighted by atomic mass is 16.3. The van der Waals surface area contributed by atoms with Gasteiger partial charge in [-0.1, -0.05) is 56.2 Å². The Balaban J connectivity index is 2.06. The van der Waals surface area contributed by atoms with Gasteiger partial charge in [0.1, 0.15) is 5.56 Å². The Labute approximate surface area is 190 Å². The molecule has 0 saturated heterocycles. The number of aliphatic hydroxyl groups is 2. The Morgan fingerprint density at radius 3 is 2.66 bits per heavy atom. The summed E-state index contributed by atoms with van der Waals surface area (Å²) in [7, 11) is 0. The molecule has 176 valence electrons. The number of fused-ring (bicyclic) bond motifs is 1. The minimum Gasteiger partial charge on any atom is -0.505 e. The van der Waals surface area contributed by atoms with Gasteiger partial charge in [0, 0.05) is 11.3 Å². The quantitative estimate of drug-likeness (QED) is 0.240. The molecule has 2 aliphatic rings. The number of aromatic nitrogens is 1. The molecular weight excluding hydrogens is 406 g/mol. The summed E-state index contributed by atoms with van der Waals surface area (Å²) in [5.74, 6) is -0.338. The van der Waals surface area contributed by atoms with E-state index in [2.05, 4.69) is 18.0 Å². The van der Waals surface area contributed by atoms with Crippen molar-refractivity contribution in [3.63, 3.8) is 0 Å². The summed E-state index contributed by atoms with van der Waals surface area (Å²) < 4.78 is 0. The molecule has 1 heterocycles. The number of aliphatic hydroxyl groups excluding tert-OH is 2. The molecule has 0 unspecified atom stereocenters. The maximum Gasteiger partial charge on any atom is 0.203 e. The van der Waals surface area contributed by atoms with Gasteiger partial charge < -0.3 is 25.4 Å². The van der Waals surface area contributed by atoms with E-state index in [1.54, 1.807) is 6.92 Å². The standard InChI is InChI=1S/C26H37NO5/c1-15-10-11-20-18(12-15)13-16(2)19(9-7-5-6-8-17(3)29)26(20,4)24(31)22-23(30)21(14-28)27-25(22)32/h5-7,9,13,15,17-20,27-30,32H,8,10-12,14H2,1-4H3/b6-5+,9-7+/t15-,17+,18+,19-,20+,26-/m1/s1. The van der Waals surface area contributed by atoms with Crippen LogP contribution in [0.3, 0.4) is 0 Å². The number of allylic oxidation sites excluding steroid dienone is 5. The van der Waals surface area contributed by atoms with Crippen molar-refractivity contribution in [2.24, 2.45) is 29.1 Å². The van der Waals surface area contributed by atoms with Crippen molar-refractivity contribution in [3.8, 4) is 11.6 Å². The first-order valence-electron chi connectivity index (χ1n) is 11.6. The summed E-state index contributed by atoms with van der Waals surface area (Å²) >= 11 is 0. The monoisotopic (exact) mass is 443 g/mol. The molecule has 0 spiro atoms. The van der Waals surface area contributed by atoms with E-state index < -0.39 is 24.0 Å². The summed E-state index contributed by atoms with van der Waals surface area (Å²) in [6, 6.07) is 0. The molecule has 32 heavy (non-hydrogen) atoms. The van der Waals surface area contributed by atoms with Crippen LogP contribution in [-0.2, 0) is 6.61 Å². The number of ketones is 1. The first kappa shape index (κ1) is 24.3. The smallest absolute Gasteiger partial charge is 0.203 e. The normalized spacial score (nSPS) is 31.6. The number of nitrogens with one attached hydrogen (secondary N) is 1. The third kappa shape index (κ3) is 4.44. The van der Waals surface area contributed by atoms with Crippen LogP contribution < -0.4 is 0 Å². The Hall–Kier alpha value is -2.31. The van der Waals surface area contributed by atoms with Gasteiger partial charge in [0.15, 0.2) is 11.5 Å². The van der Waals surface area contributed by atoms with E-state index in [-0.39, 0.29) is 40.5 Å². The second-order valence-electron chi connectivity index (χ2n) is 9.92. The lowest BCUT2D eigenvalue weighted by Crippen LogP contribution is -2.49. The third-order valence-corrected chi connectivity index (χ3v) is 7.48. The van der Waals surface area contributed by atoms with Gasteiger partial charge in [-0.15, -0.1) is 0 Å². The lowest BCUT2D eigenvalue weighted by atomic mass is 9.51. The number of H-pyrrole nitrogens is 1. The highest BCUT2D eigenvalue weighted by molar-refractivity contribution is 6.05. The zero-order chi connectivity index (χ0) is 23.6. The molecule has 1 saturated carbocycles. The van der Waals surface area contributed by atoms with Crippen molar-refractivity contribution in [1.29, 1.82) is 0 Å². The van der Waals surface area contributed by atoms with Gasteiger partial charge in [-0.2, -0.15) is 0 Å². The highest BCUT2D eigenvalue weighted by Gasteiger charge is 2.54. The van der Waals surface area contributed by atoms with E-state index in [0.717, 1.165) is 24.8 Å². The second-order valence-corrected chi connectivity index (χ2v) is 9.92. The van der Waals surface area contributed by atoms with Crippen molar-refractivity contribution in [2.45, 2.75) is 66.1 Å². The maximum atomic E-state index is 14.0. The Kier molecular flexibility index (Phi) is 7.36. The van der Waals surface area contributed by atoms with E-state index >= 15 is 0 Å². The molecule has 0 aliphatic heterocycles. The zero-order valence-corrected chi connectivity index (χ0v) is 19.5. The first-order chi connectivity index (χ1) is 15.1. The lowest BCUT2D eigenvalue weighted by molar-refractivity contribution is 0.0326. The Bertz CT molecular complexity index is 925. The van der Waals surface area contributed by atoms with Crippen LogP contribution >= 0.6 is 0 Å². The fourth-order valence-corrected chi connectivity index (χ4v) is 5.82. The number of carbonyl (C=O) groups is 1. The van der Waals surface area contributed by atoms with E-state index in [1.807, 2.05) is 38.2 Å². The van der Waals surface area contributed by atoms with Crippen molar-refractivity contribution in [3.05, 3.63) is 47.2 Å². The van der Waals surface area contributed by atoms with E-state index in [9.17, 15) is 25.2 Å². The first-order valence-corrected chi connectivity index (χ1v) is 11.6. The lowest BCUT2D eigenvalue weighted by Gasteiger charge is -2.51.